The van der Waals surface area contributed by atoms with E-state index in [1.807, 2.05) is 18.2 Å². The third-order valence-corrected chi connectivity index (χ3v) is 11.1. The zero-order chi connectivity index (χ0) is 39.5. The number of benzene rings is 8. The zero-order valence-corrected chi connectivity index (χ0v) is 32.7. The fourth-order valence-electron chi connectivity index (χ4n) is 8.01. The van der Waals surface area contributed by atoms with E-state index in [9.17, 15) is 0 Å². The molecular weight excluding hydrogens is 737 g/mol. The van der Waals surface area contributed by atoms with Gasteiger partial charge in [0.25, 0.3) is 0 Å². The second-order valence-corrected chi connectivity index (χ2v) is 15.0. The second kappa shape index (κ2) is 16.5. The van der Waals surface area contributed by atoms with Crippen molar-refractivity contribution < 1.29 is 33.2 Å². The maximum atomic E-state index is 6.86. The molecule has 294 valence electrons. The van der Waals surface area contributed by atoms with E-state index in [1.54, 1.807) is 6.08 Å². The van der Waals surface area contributed by atoms with Crippen LogP contribution in [0.3, 0.4) is 0 Å². The molecule has 3 unspecified atom stereocenters. The summed E-state index contributed by atoms with van der Waals surface area (Å²) in [5.74, 6) is 2.98. The third kappa shape index (κ3) is 7.56. The van der Waals surface area contributed by atoms with Gasteiger partial charge in [-0.05, 0) is 67.4 Å². The van der Waals surface area contributed by atoms with Crippen molar-refractivity contribution in [3.8, 4) is 45.3 Å². The SMILES string of the molecule is C=CCOC(COc1ccc2ccccc2c1-c1c(OCC2CO2)ccc2ccccc12)COc1ccc2ccccc2c1-c1c(OC2CCO2)ccc2ccccc12. The number of ether oxygens (including phenoxy) is 7. The second-order valence-electron chi connectivity index (χ2n) is 15.0. The van der Waals surface area contributed by atoms with E-state index in [1.165, 1.54) is 0 Å². The standard InChI is InChI=1S/C52H44O7/c1-2-28-53-38(31-56-44-23-19-34-11-3-7-15-40(34)49(44)50-41-16-8-4-12-35(41)20-24-45(50)58-33-39-30-55-39)32-57-46-25-21-36-13-5-9-17-42(36)51(46)52-43-18-10-6-14-37(43)22-26-47(52)59-48-27-29-54-48/h2-26,38-39,48H,1,27-33H2. The molecule has 8 aromatic carbocycles. The number of epoxide rings is 1. The molecule has 0 aliphatic carbocycles. The zero-order valence-electron chi connectivity index (χ0n) is 32.7. The minimum absolute atomic E-state index is 0.111. The fourth-order valence-corrected chi connectivity index (χ4v) is 8.01. The van der Waals surface area contributed by atoms with Gasteiger partial charge in [0, 0.05) is 28.7 Å². The Labute approximate surface area is 343 Å². The molecule has 0 aromatic heterocycles. The van der Waals surface area contributed by atoms with Crippen LogP contribution in [0.5, 0.6) is 23.0 Å². The van der Waals surface area contributed by atoms with Crippen LogP contribution in [0.15, 0.2) is 158 Å². The largest absolute Gasteiger partial charge is 0.490 e. The minimum atomic E-state index is -0.450. The molecule has 59 heavy (non-hydrogen) atoms. The number of hydrogen-bond acceptors (Lipinski definition) is 7. The minimum Gasteiger partial charge on any atom is -0.490 e. The Hall–Kier alpha value is -6.38. The molecule has 2 heterocycles. The van der Waals surface area contributed by atoms with Crippen LogP contribution < -0.4 is 18.9 Å². The first-order chi connectivity index (χ1) is 29.2. The lowest BCUT2D eigenvalue weighted by Crippen LogP contribution is -2.32. The van der Waals surface area contributed by atoms with Gasteiger partial charge in [-0.3, -0.25) is 0 Å². The summed E-state index contributed by atoms with van der Waals surface area (Å²) in [6.07, 6.45) is 1.97. The Morgan fingerprint density at radius 2 is 0.932 bits per heavy atom. The first-order valence-electron chi connectivity index (χ1n) is 20.3. The highest BCUT2D eigenvalue weighted by Crippen LogP contribution is 2.48. The van der Waals surface area contributed by atoms with Crippen molar-refractivity contribution >= 4 is 43.1 Å². The molecule has 0 saturated carbocycles. The van der Waals surface area contributed by atoms with Gasteiger partial charge in [0.15, 0.2) is 0 Å². The Morgan fingerprint density at radius 1 is 0.525 bits per heavy atom. The van der Waals surface area contributed by atoms with Gasteiger partial charge in [-0.2, -0.15) is 0 Å². The van der Waals surface area contributed by atoms with Gasteiger partial charge >= 0.3 is 0 Å². The summed E-state index contributed by atoms with van der Waals surface area (Å²) in [7, 11) is 0. The van der Waals surface area contributed by atoms with Crippen LogP contribution >= 0.6 is 0 Å². The highest BCUT2D eigenvalue weighted by atomic mass is 16.7. The van der Waals surface area contributed by atoms with Crippen molar-refractivity contribution in [3.63, 3.8) is 0 Å². The highest BCUT2D eigenvalue weighted by Gasteiger charge is 2.27. The average Bonchev–Trinajstić information content (AvgIpc) is 4.11. The van der Waals surface area contributed by atoms with E-state index in [-0.39, 0.29) is 25.6 Å². The molecule has 10 rings (SSSR count). The molecule has 2 aliphatic rings. The predicted molar refractivity (Wildman–Crippen MR) is 235 cm³/mol. The number of fused-ring (bicyclic) bond motifs is 4. The third-order valence-electron chi connectivity index (χ3n) is 11.1. The van der Waals surface area contributed by atoms with Crippen LogP contribution in [-0.2, 0) is 14.2 Å². The van der Waals surface area contributed by atoms with Gasteiger partial charge in [-0.25, -0.2) is 0 Å². The molecule has 2 fully saturated rings. The molecule has 0 N–H and O–H groups in total. The van der Waals surface area contributed by atoms with Gasteiger partial charge in [-0.15, -0.1) is 6.58 Å². The van der Waals surface area contributed by atoms with Crippen LogP contribution in [0.25, 0.3) is 65.3 Å². The van der Waals surface area contributed by atoms with E-state index in [0.29, 0.717) is 26.4 Å². The summed E-state index contributed by atoms with van der Waals surface area (Å²) < 4.78 is 44.4. The van der Waals surface area contributed by atoms with Crippen molar-refractivity contribution in [2.75, 3.05) is 39.6 Å². The van der Waals surface area contributed by atoms with Crippen molar-refractivity contribution in [2.45, 2.75) is 24.9 Å². The quantitative estimate of drug-likeness (QED) is 0.0714. The first kappa shape index (κ1) is 36.9. The normalized spacial score (nSPS) is 16.5. The van der Waals surface area contributed by atoms with Crippen molar-refractivity contribution in [2.24, 2.45) is 0 Å². The Morgan fingerprint density at radius 3 is 1.34 bits per heavy atom. The smallest absolute Gasteiger partial charge is 0.202 e. The molecule has 2 aliphatic heterocycles. The van der Waals surface area contributed by atoms with Crippen molar-refractivity contribution in [1.82, 2.24) is 0 Å². The van der Waals surface area contributed by atoms with E-state index in [4.69, 9.17) is 33.2 Å². The molecule has 0 spiro atoms. The molecule has 0 bridgehead atoms. The maximum absolute atomic E-state index is 6.86. The summed E-state index contributed by atoms with van der Waals surface area (Å²) in [5, 5.41) is 8.69. The summed E-state index contributed by atoms with van der Waals surface area (Å²) in [6, 6.07) is 50.2. The summed E-state index contributed by atoms with van der Waals surface area (Å²) in [4.78, 5) is 0. The van der Waals surface area contributed by atoms with E-state index in [2.05, 4.69) is 134 Å². The molecule has 0 amide bonds. The molecule has 0 radical (unpaired) electrons. The highest BCUT2D eigenvalue weighted by molar-refractivity contribution is 6.11. The van der Waals surface area contributed by atoms with Crippen LogP contribution in [0, 0.1) is 0 Å². The van der Waals surface area contributed by atoms with Crippen molar-refractivity contribution in [3.05, 3.63) is 158 Å². The van der Waals surface area contributed by atoms with E-state index < -0.39 is 6.10 Å². The maximum Gasteiger partial charge on any atom is 0.202 e. The summed E-state index contributed by atoms with van der Waals surface area (Å²) >= 11 is 0. The van der Waals surface area contributed by atoms with Gasteiger partial charge in [0.1, 0.15) is 55.0 Å². The lowest BCUT2D eigenvalue weighted by atomic mass is 9.92. The molecule has 3 atom stereocenters. The summed E-state index contributed by atoms with van der Waals surface area (Å²) in [5.41, 5.74) is 3.87. The van der Waals surface area contributed by atoms with E-state index >= 15 is 0 Å². The Balaban J connectivity index is 1.02. The van der Waals surface area contributed by atoms with Crippen molar-refractivity contribution in [1.29, 1.82) is 0 Å². The lowest BCUT2D eigenvalue weighted by molar-refractivity contribution is -0.165. The topological polar surface area (TPSA) is 67.9 Å². The van der Waals surface area contributed by atoms with Gasteiger partial charge < -0.3 is 33.2 Å². The molecule has 7 nitrogen and oxygen atoms in total. The number of hydrogen-bond donors (Lipinski definition) is 0. The van der Waals surface area contributed by atoms with E-state index in [0.717, 1.165) is 94.8 Å². The van der Waals surface area contributed by atoms with Crippen LogP contribution in [0.1, 0.15) is 6.42 Å². The van der Waals surface area contributed by atoms with Crippen LogP contribution in [0.2, 0.25) is 0 Å². The Kier molecular flexibility index (Phi) is 10.3. The van der Waals surface area contributed by atoms with Crippen LogP contribution in [0.4, 0.5) is 0 Å². The van der Waals surface area contributed by atoms with Crippen LogP contribution in [-0.4, -0.2) is 58.1 Å². The number of rotatable bonds is 16. The molecule has 8 aromatic rings. The van der Waals surface area contributed by atoms with Gasteiger partial charge in [0.2, 0.25) is 6.29 Å². The monoisotopic (exact) mass is 780 g/mol. The fraction of sp³-hybridized carbons (Fsp3) is 0.192. The average molecular weight is 781 g/mol. The molecule has 7 heteroatoms. The van der Waals surface area contributed by atoms with Gasteiger partial charge in [0.05, 0.1) is 19.8 Å². The molecular formula is C52H44O7. The molecule has 2 saturated heterocycles. The lowest BCUT2D eigenvalue weighted by Gasteiger charge is -2.29. The summed E-state index contributed by atoms with van der Waals surface area (Å²) in [6.45, 7) is 6.61. The first-order valence-corrected chi connectivity index (χ1v) is 20.3. The Bertz CT molecular complexity index is 2800. The van der Waals surface area contributed by atoms with Gasteiger partial charge in [-0.1, -0.05) is 127 Å². The predicted octanol–water partition coefficient (Wildman–Crippen LogP) is 11.6.